The maximum absolute atomic E-state index is 12.9. The molecule has 6 heteroatoms. The Labute approximate surface area is 161 Å². The molecular formula is C21H23FN2O2S. The fraction of sp³-hybridized carbons (Fsp3) is 0.381. The van der Waals surface area contributed by atoms with Gasteiger partial charge in [0.15, 0.2) is 5.58 Å². The van der Waals surface area contributed by atoms with Crippen molar-refractivity contribution in [2.75, 3.05) is 12.3 Å². The molecule has 0 bridgehead atoms. The third kappa shape index (κ3) is 4.62. The number of aromatic nitrogens is 1. The Morgan fingerprint density at radius 3 is 2.67 bits per heavy atom. The number of aromatic amines is 1. The minimum atomic E-state index is -0.395. The van der Waals surface area contributed by atoms with E-state index in [9.17, 15) is 9.18 Å². The fourth-order valence-electron chi connectivity index (χ4n) is 3.81. The molecule has 0 spiro atoms. The lowest BCUT2D eigenvalue weighted by Gasteiger charge is -2.29. The van der Waals surface area contributed by atoms with Gasteiger partial charge in [-0.1, -0.05) is 6.07 Å². The highest BCUT2D eigenvalue weighted by molar-refractivity contribution is 7.99. The summed E-state index contributed by atoms with van der Waals surface area (Å²) in [4.78, 5) is 15.1. The van der Waals surface area contributed by atoms with Gasteiger partial charge in [0.1, 0.15) is 5.82 Å². The van der Waals surface area contributed by atoms with Crippen LogP contribution in [0.1, 0.15) is 37.2 Å². The molecule has 1 aliphatic rings. The van der Waals surface area contributed by atoms with Gasteiger partial charge in [0, 0.05) is 23.2 Å². The first-order valence-corrected chi connectivity index (χ1v) is 10.4. The van der Waals surface area contributed by atoms with Gasteiger partial charge in [-0.05, 0) is 73.6 Å². The molecule has 2 aromatic carbocycles. The summed E-state index contributed by atoms with van der Waals surface area (Å²) in [6.45, 7) is 0.956. The second-order valence-electron chi connectivity index (χ2n) is 7.08. The van der Waals surface area contributed by atoms with Crippen LogP contribution in [0.2, 0.25) is 0 Å². The highest BCUT2D eigenvalue weighted by Gasteiger charge is 2.22. The Bertz CT molecular complexity index is 943. The standard InChI is InChI=1S/C21H23FN2O2S/c22-16-4-8-18(9-5-16)27-12-11-23-17-6-1-14(2-7-17)15-3-10-19-20(13-15)26-21(25)24-19/h3-5,8-10,13-14,17,23H,1-2,6-7,11-12H2,(H,24,25). The number of oxazole rings is 1. The maximum atomic E-state index is 12.9. The third-order valence-corrected chi connectivity index (χ3v) is 6.27. The lowest BCUT2D eigenvalue weighted by molar-refractivity contribution is 0.348. The predicted molar refractivity (Wildman–Crippen MR) is 107 cm³/mol. The number of nitrogens with one attached hydrogen (secondary N) is 2. The maximum Gasteiger partial charge on any atom is 0.417 e. The van der Waals surface area contributed by atoms with Gasteiger partial charge < -0.3 is 9.73 Å². The number of hydrogen-bond acceptors (Lipinski definition) is 4. The molecule has 3 aromatic rings. The van der Waals surface area contributed by atoms with E-state index in [4.69, 9.17) is 4.42 Å². The predicted octanol–water partition coefficient (Wildman–Crippen LogP) is 4.67. The van der Waals surface area contributed by atoms with E-state index in [2.05, 4.69) is 16.4 Å². The van der Waals surface area contributed by atoms with Gasteiger partial charge in [-0.3, -0.25) is 4.98 Å². The number of halogens is 1. The van der Waals surface area contributed by atoms with E-state index in [0.717, 1.165) is 48.4 Å². The van der Waals surface area contributed by atoms with Gasteiger partial charge in [0.25, 0.3) is 0 Å². The number of rotatable bonds is 6. The molecule has 4 rings (SSSR count). The van der Waals surface area contributed by atoms with Gasteiger partial charge in [-0.15, -0.1) is 11.8 Å². The molecule has 142 valence electrons. The number of hydrogen-bond donors (Lipinski definition) is 2. The zero-order valence-corrected chi connectivity index (χ0v) is 15.9. The highest BCUT2D eigenvalue weighted by Crippen LogP contribution is 2.34. The highest BCUT2D eigenvalue weighted by atomic mass is 32.2. The van der Waals surface area contributed by atoms with Crippen LogP contribution in [0.3, 0.4) is 0 Å². The van der Waals surface area contributed by atoms with Crippen molar-refractivity contribution in [3.05, 3.63) is 64.4 Å². The van der Waals surface area contributed by atoms with Gasteiger partial charge >= 0.3 is 5.76 Å². The van der Waals surface area contributed by atoms with Crippen LogP contribution < -0.4 is 11.1 Å². The molecule has 0 radical (unpaired) electrons. The van der Waals surface area contributed by atoms with E-state index in [1.54, 1.807) is 11.8 Å². The summed E-state index contributed by atoms with van der Waals surface area (Å²) < 4.78 is 18.1. The monoisotopic (exact) mass is 386 g/mol. The summed E-state index contributed by atoms with van der Waals surface area (Å²) in [6, 6.07) is 13.3. The fourth-order valence-corrected chi connectivity index (χ4v) is 4.59. The van der Waals surface area contributed by atoms with E-state index in [-0.39, 0.29) is 5.82 Å². The second kappa shape index (κ2) is 8.31. The first-order valence-electron chi connectivity index (χ1n) is 9.42. The number of thioether (sulfide) groups is 1. The second-order valence-corrected chi connectivity index (χ2v) is 8.24. The molecule has 1 aromatic heterocycles. The van der Waals surface area contributed by atoms with Crippen LogP contribution in [0.25, 0.3) is 11.1 Å². The zero-order valence-electron chi connectivity index (χ0n) is 15.0. The van der Waals surface area contributed by atoms with Gasteiger partial charge in [-0.25, -0.2) is 9.18 Å². The van der Waals surface area contributed by atoms with Crippen LogP contribution >= 0.6 is 11.8 Å². The van der Waals surface area contributed by atoms with E-state index in [0.29, 0.717) is 17.5 Å². The van der Waals surface area contributed by atoms with E-state index < -0.39 is 5.76 Å². The summed E-state index contributed by atoms with van der Waals surface area (Å²) in [5.41, 5.74) is 2.67. The lowest BCUT2D eigenvalue weighted by Crippen LogP contribution is -2.34. The summed E-state index contributed by atoms with van der Waals surface area (Å²) in [7, 11) is 0. The molecular weight excluding hydrogens is 363 g/mol. The van der Waals surface area contributed by atoms with Crippen molar-refractivity contribution in [2.24, 2.45) is 0 Å². The molecule has 27 heavy (non-hydrogen) atoms. The van der Waals surface area contributed by atoms with E-state index in [1.165, 1.54) is 17.7 Å². The van der Waals surface area contributed by atoms with Crippen LogP contribution in [-0.4, -0.2) is 23.3 Å². The summed E-state index contributed by atoms with van der Waals surface area (Å²) in [6.07, 6.45) is 4.59. The molecule has 0 saturated heterocycles. The SMILES string of the molecule is O=c1[nH]c2ccc(C3CCC(NCCSc4ccc(F)cc4)CC3)cc2o1. The van der Waals surface area contributed by atoms with Crippen LogP contribution in [0, 0.1) is 5.82 Å². The average molecular weight is 386 g/mol. The van der Waals surface area contributed by atoms with Crippen molar-refractivity contribution < 1.29 is 8.81 Å². The van der Waals surface area contributed by atoms with Crippen LogP contribution in [0.4, 0.5) is 4.39 Å². The smallest absolute Gasteiger partial charge is 0.408 e. The Balaban J connectivity index is 1.22. The Hall–Kier alpha value is -2.05. The molecule has 0 amide bonds. The van der Waals surface area contributed by atoms with Crippen molar-refractivity contribution in [3.8, 4) is 0 Å². The molecule has 0 unspecified atom stereocenters. The quantitative estimate of drug-likeness (QED) is 0.477. The molecule has 1 heterocycles. The van der Waals surface area contributed by atoms with Gasteiger partial charge in [0.05, 0.1) is 5.52 Å². The van der Waals surface area contributed by atoms with E-state index >= 15 is 0 Å². The van der Waals surface area contributed by atoms with Crippen LogP contribution in [0.5, 0.6) is 0 Å². The van der Waals surface area contributed by atoms with Crippen molar-refractivity contribution in [1.82, 2.24) is 10.3 Å². The zero-order chi connectivity index (χ0) is 18.6. The third-order valence-electron chi connectivity index (χ3n) is 5.26. The minimum Gasteiger partial charge on any atom is -0.408 e. The molecule has 2 N–H and O–H groups in total. The molecule has 4 nitrogen and oxygen atoms in total. The van der Waals surface area contributed by atoms with Gasteiger partial charge in [-0.2, -0.15) is 0 Å². The summed E-state index contributed by atoms with van der Waals surface area (Å²) >= 11 is 1.75. The number of fused-ring (bicyclic) bond motifs is 1. The van der Waals surface area contributed by atoms with Gasteiger partial charge in [0.2, 0.25) is 0 Å². The van der Waals surface area contributed by atoms with Crippen molar-refractivity contribution >= 4 is 22.9 Å². The molecule has 1 fully saturated rings. The lowest BCUT2D eigenvalue weighted by atomic mass is 9.81. The molecule has 0 atom stereocenters. The van der Waals surface area contributed by atoms with Crippen molar-refractivity contribution in [2.45, 2.75) is 42.5 Å². The first kappa shape index (κ1) is 18.3. The van der Waals surface area contributed by atoms with E-state index in [1.807, 2.05) is 24.3 Å². The first-order chi connectivity index (χ1) is 13.2. The normalized spacial score (nSPS) is 20.2. The van der Waals surface area contributed by atoms with Crippen LogP contribution in [-0.2, 0) is 0 Å². The number of H-pyrrole nitrogens is 1. The largest absolute Gasteiger partial charge is 0.417 e. The Kier molecular flexibility index (Phi) is 5.64. The molecule has 1 saturated carbocycles. The topological polar surface area (TPSA) is 58.0 Å². The van der Waals surface area contributed by atoms with Crippen molar-refractivity contribution in [1.29, 1.82) is 0 Å². The Morgan fingerprint density at radius 1 is 1.11 bits per heavy atom. The van der Waals surface area contributed by atoms with Crippen LogP contribution in [0.15, 0.2) is 56.6 Å². The summed E-state index contributed by atoms with van der Waals surface area (Å²) in [5, 5.41) is 3.65. The Morgan fingerprint density at radius 2 is 1.89 bits per heavy atom. The molecule has 1 aliphatic carbocycles. The van der Waals surface area contributed by atoms with Crippen molar-refractivity contribution in [3.63, 3.8) is 0 Å². The summed E-state index contributed by atoms with van der Waals surface area (Å²) in [5.74, 6) is 0.927. The number of benzene rings is 2. The average Bonchev–Trinajstić information content (AvgIpc) is 3.06. The minimum absolute atomic E-state index is 0.188. The molecule has 0 aliphatic heterocycles.